The fraction of sp³-hybridized carbons (Fsp3) is 0.333. The summed E-state index contributed by atoms with van der Waals surface area (Å²) in [6.45, 7) is 2.28. The number of benzene rings is 1. The molecular weight excluding hydrogens is 288 g/mol. The van der Waals surface area contributed by atoms with Crippen molar-refractivity contribution in [3.8, 4) is 17.1 Å². The summed E-state index contributed by atoms with van der Waals surface area (Å²) >= 11 is 0. The standard InChI is InChI=1S/C15H16N2O5/c1-20-11-4-2-10(3-5-11)13-12(15(18)19)14(16-22-13)17-6-8-21-9-7-17/h2-5H,6-9H2,1H3,(H,18,19). The van der Waals surface area contributed by atoms with Crippen molar-refractivity contribution in [2.75, 3.05) is 38.3 Å². The predicted molar refractivity (Wildman–Crippen MR) is 78.5 cm³/mol. The Morgan fingerprint density at radius 2 is 1.95 bits per heavy atom. The molecule has 1 fully saturated rings. The van der Waals surface area contributed by atoms with Gasteiger partial charge in [-0.3, -0.25) is 0 Å². The summed E-state index contributed by atoms with van der Waals surface area (Å²) in [4.78, 5) is 13.5. The molecule has 1 saturated heterocycles. The molecule has 0 bridgehead atoms. The normalized spacial score (nSPS) is 14.9. The molecule has 0 amide bonds. The van der Waals surface area contributed by atoms with Gasteiger partial charge in [-0.2, -0.15) is 0 Å². The first kappa shape index (κ1) is 14.4. The number of methoxy groups -OCH3 is 1. The van der Waals surface area contributed by atoms with Crippen molar-refractivity contribution in [2.24, 2.45) is 0 Å². The second-order valence-electron chi connectivity index (χ2n) is 4.84. The molecule has 1 N–H and O–H groups in total. The van der Waals surface area contributed by atoms with E-state index in [4.69, 9.17) is 14.0 Å². The van der Waals surface area contributed by atoms with Gasteiger partial charge in [-0.25, -0.2) is 4.79 Å². The Balaban J connectivity index is 2.00. The Kier molecular flexibility index (Phi) is 3.97. The number of aromatic nitrogens is 1. The number of rotatable bonds is 4. The maximum absolute atomic E-state index is 11.7. The lowest BCUT2D eigenvalue weighted by Crippen LogP contribution is -2.37. The average Bonchev–Trinajstić information content (AvgIpc) is 3.01. The Bertz CT molecular complexity index is 659. The molecule has 1 aromatic carbocycles. The van der Waals surface area contributed by atoms with Crippen molar-refractivity contribution < 1.29 is 23.9 Å². The maximum atomic E-state index is 11.7. The Hall–Kier alpha value is -2.54. The zero-order valence-electron chi connectivity index (χ0n) is 12.1. The number of ether oxygens (including phenoxy) is 2. The van der Waals surface area contributed by atoms with Gasteiger partial charge in [-0.05, 0) is 24.3 Å². The summed E-state index contributed by atoms with van der Waals surface area (Å²) in [5.41, 5.74) is 0.720. The molecule has 116 valence electrons. The molecule has 0 atom stereocenters. The lowest BCUT2D eigenvalue weighted by atomic mass is 10.1. The zero-order valence-corrected chi connectivity index (χ0v) is 12.1. The van der Waals surface area contributed by atoms with Crippen LogP contribution >= 0.6 is 0 Å². The number of carboxylic acid groups (broad SMARTS) is 1. The lowest BCUT2D eigenvalue weighted by Gasteiger charge is -2.26. The highest BCUT2D eigenvalue weighted by molar-refractivity contribution is 5.99. The van der Waals surface area contributed by atoms with Crippen LogP contribution in [-0.4, -0.2) is 49.6 Å². The average molecular weight is 304 g/mol. The molecule has 7 nitrogen and oxygen atoms in total. The van der Waals surface area contributed by atoms with Crippen LogP contribution in [0.3, 0.4) is 0 Å². The monoisotopic (exact) mass is 304 g/mol. The summed E-state index contributed by atoms with van der Waals surface area (Å²) in [7, 11) is 1.57. The van der Waals surface area contributed by atoms with E-state index in [0.717, 1.165) is 0 Å². The van der Waals surface area contributed by atoms with Gasteiger partial charge < -0.3 is 24.0 Å². The van der Waals surface area contributed by atoms with Crippen LogP contribution in [0.4, 0.5) is 5.82 Å². The lowest BCUT2D eigenvalue weighted by molar-refractivity contribution is 0.0696. The largest absolute Gasteiger partial charge is 0.497 e. The third-order valence-corrected chi connectivity index (χ3v) is 3.55. The highest BCUT2D eigenvalue weighted by Crippen LogP contribution is 2.32. The summed E-state index contributed by atoms with van der Waals surface area (Å²) in [5.74, 6) is 0.223. The molecule has 1 aromatic heterocycles. The summed E-state index contributed by atoms with van der Waals surface area (Å²) in [6, 6.07) is 6.99. The molecule has 2 heterocycles. The number of morpholine rings is 1. The number of nitrogens with zero attached hydrogens (tertiary/aromatic N) is 2. The first-order chi connectivity index (χ1) is 10.7. The fourth-order valence-electron chi connectivity index (χ4n) is 2.40. The second kappa shape index (κ2) is 6.07. The fourth-order valence-corrected chi connectivity index (χ4v) is 2.40. The number of anilines is 1. The predicted octanol–water partition coefficient (Wildman–Crippen LogP) is 1.89. The van der Waals surface area contributed by atoms with Gasteiger partial charge in [0.15, 0.2) is 17.1 Å². The zero-order chi connectivity index (χ0) is 15.5. The molecule has 0 aliphatic carbocycles. The molecule has 0 unspecified atom stereocenters. The number of hydrogen-bond donors (Lipinski definition) is 1. The van der Waals surface area contributed by atoms with E-state index in [-0.39, 0.29) is 11.3 Å². The van der Waals surface area contributed by atoms with Crippen molar-refractivity contribution in [1.29, 1.82) is 0 Å². The maximum Gasteiger partial charge on any atom is 0.343 e. The Morgan fingerprint density at radius 3 is 2.55 bits per heavy atom. The highest BCUT2D eigenvalue weighted by atomic mass is 16.5. The van der Waals surface area contributed by atoms with Gasteiger partial charge in [-0.15, -0.1) is 0 Å². The van der Waals surface area contributed by atoms with E-state index in [0.29, 0.717) is 43.4 Å². The van der Waals surface area contributed by atoms with E-state index >= 15 is 0 Å². The van der Waals surface area contributed by atoms with E-state index in [9.17, 15) is 9.90 Å². The van der Waals surface area contributed by atoms with Crippen molar-refractivity contribution >= 4 is 11.8 Å². The van der Waals surface area contributed by atoms with Crippen molar-refractivity contribution in [3.05, 3.63) is 29.8 Å². The van der Waals surface area contributed by atoms with Gasteiger partial charge in [0.1, 0.15) is 5.75 Å². The Morgan fingerprint density at radius 1 is 1.27 bits per heavy atom. The van der Waals surface area contributed by atoms with Gasteiger partial charge >= 0.3 is 5.97 Å². The number of carboxylic acids is 1. The number of aromatic carboxylic acids is 1. The molecule has 3 rings (SSSR count). The first-order valence-corrected chi connectivity index (χ1v) is 6.91. The van der Waals surface area contributed by atoms with Crippen LogP contribution < -0.4 is 9.64 Å². The minimum absolute atomic E-state index is 0.0760. The molecule has 1 aliphatic rings. The first-order valence-electron chi connectivity index (χ1n) is 6.91. The Labute approximate surface area is 127 Å². The molecule has 0 spiro atoms. The van der Waals surface area contributed by atoms with E-state index in [1.54, 1.807) is 31.4 Å². The molecule has 0 saturated carbocycles. The number of hydrogen-bond acceptors (Lipinski definition) is 6. The van der Waals surface area contributed by atoms with Crippen LogP contribution in [0.15, 0.2) is 28.8 Å². The summed E-state index contributed by atoms with van der Waals surface area (Å²) < 4.78 is 15.7. The molecule has 1 aliphatic heterocycles. The van der Waals surface area contributed by atoms with Crippen molar-refractivity contribution in [2.45, 2.75) is 0 Å². The van der Waals surface area contributed by atoms with E-state index in [2.05, 4.69) is 5.16 Å². The van der Waals surface area contributed by atoms with Gasteiger partial charge in [-0.1, -0.05) is 5.16 Å². The molecule has 2 aromatic rings. The SMILES string of the molecule is COc1ccc(-c2onc(N3CCOCC3)c2C(=O)O)cc1. The van der Waals surface area contributed by atoms with E-state index in [1.807, 2.05) is 4.90 Å². The summed E-state index contributed by atoms with van der Waals surface area (Å²) in [6.07, 6.45) is 0. The highest BCUT2D eigenvalue weighted by Gasteiger charge is 2.28. The molecule has 22 heavy (non-hydrogen) atoms. The molecule has 7 heteroatoms. The quantitative estimate of drug-likeness (QED) is 0.923. The van der Waals surface area contributed by atoms with Crippen LogP contribution in [0.1, 0.15) is 10.4 Å². The third kappa shape index (κ3) is 2.62. The number of carbonyl (C=O) groups is 1. The van der Waals surface area contributed by atoms with Crippen LogP contribution in [0.25, 0.3) is 11.3 Å². The molecular formula is C15H16N2O5. The van der Waals surface area contributed by atoms with E-state index < -0.39 is 5.97 Å². The topological polar surface area (TPSA) is 85.0 Å². The van der Waals surface area contributed by atoms with Gasteiger partial charge in [0.05, 0.1) is 20.3 Å². The summed E-state index contributed by atoms with van der Waals surface area (Å²) in [5, 5.41) is 13.5. The van der Waals surface area contributed by atoms with Crippen LogP contribution in [0.5, 0.6) is 5.75 Å². The molecule has 0 radical (unpaired) electrons. The van der Waals surface area contributed by atoms with Gasteiger partial charge in [0.2, 0.25) is 0 Å². The minimum atomic E-state index is -1.06. The van der Waals surface area contributed by atoms with Crippen molar-refractivity contribution in [3.63, 3.8) is 0 Å². The van der Waals surface area contributed by atoms with Crippen LogP contribution in [-0.2, 0) is 4.74 Å². The van der Waals surface area contributed by atoms with Crippen molar-refractivity contribution in [1.82, 2.24) is 5.16 Å². The van der Waals surface area contributed by atoms with Gasteiger partial charge in [0.25, 0.3) is 0 Å². The van der Waals surface area contributed by atoms with Crippen LogP contribution in [0, 0.1) is 0 Å². The third-order valence-electron chi connectivity index (χ3n) is 3.55. The van der Waals surface area contributed by atoms with Gasteiger partial charge in [0, 0.05) is 18.7 Å². The minimum Gasteiger partial charge on any atom is -0.497 e. The second-order valence-corrected chi connectivity index (χ2v) is 4.84. The smallest absolute Gasteiger partial charge is 0.343 e. The van der Waals surface area contributed by atoms with Crippen LogP contribution in [0.2, 0.25) is 0 Å². The van der Waals surface area contributed by atoms with E-state index in [1.165, 1.54) is 0 Å².